The maximum atomic E-state index is 5.78. The minimum atomic E-state index is 0.472. The van der Waals surface area contributed by atoms with Crippen molar-refractivity contribution in [2.24, 2.45) is 0 Å². The smallest absolute Gasteiger partial charge is 0.276 e. The highest BCUT2D eigenvalue weighted by Crippen LogP contribution is 2.25. The van der Waals surface area contributed by atoms with Crippen molar-refractivity contribution < 1.29 is 9.47 Å². The van der Waals surface area contributed by atoms with E-state index < -0.39 is 0 Å². The van der Waals surface area contributed by atoms with Crippen LogP contribution in [-0.2, 0) is 13.2 Å². The highest BCUT2D eigenvalue weighted by Gasteiger charge is 2.11. The summed E-state index contributed by atoms with van der Waals surface area (Å²) < 4.78 is 12.9. The summed E-state index contributed by atoms with van der Waals surface area (Å²) in [5.74, 6) is 1.16. The van der Waals surface area contributed by atoms with Gasteiger partial charge in [-0.15, -0.1) is 5.10 Å². The molecule has 112 valence electrons. The summed E-state index contributed by atoms with van der Waals surface area (Å²) in [6.45, 7) is 1.16. The normalized spacial score (nSPS) is 10.4. The van der Waals surface area contributed by atoms with Gasteiger partial charge in [-0.3, -0.25) is 4.68 Å². The van der Waals surface area contributed by atoms with Crippen LogP contribution in [0.25, 0.3) is 0 Å². The molecule has 1 heterocycles. The van der Waals surface area contributed by atoms with Gasteiger partial charge in [0.2, 0.25) is 5.75 Å². The summed E-state index contributed by atoms with van der Waals surface area (Å²) in [6, 6.07) is 20.2. The number of aromatic nitrogens is 2. The van der Waals surface area contributed by atoms with Crippen LogP contribution in [0.4, 0.5) is 0 Å². The summed E-state index contributed by atoms with van der Waals surface area (Å²) in [4.78, 5) is 0. The van der Waals surface area contributed by atoms with Crippen molar-refractivity contribution in [1.29, 1.82) is 0 Å². The molecule has 0 aliphatic rings. The van der Waals surface area contributed by atoms with E-state index in [2.05, 4.69) is 17.2 Å². The van der Waals surface area contributed by atoms with E-state index in [1.165, 1.54) is 5.56 Å². The number of hydrogen-bond acceptors (Lipinski definition) is 3. The van der Waals surface area contributed by atoms with Gasteiger partial charge in [0.25, 0.3) is 5.88 Å². The van der Waals surface area contributed by atoms with Gasteiger partial charge in [-0.1, -0.05) is 60.7 Å². The van der Waals surface area contributed by atoms with E-state index in [0.717, 1.165) is 5.56 Å². The molecule has 22 heavy (non-hydrogen) atoms. The van der Waals surface area contributed by atoms with Gasteiger partial charge in [-0.05, 0) is 11.1 Å². The molecule has 0 saturated heterocycles. The van der Waals surface area contributed by atoms with E-state index in [4.69, 9.17) is 9.47 Å². The molecule has 1 aromatic heterocycles. The molecule has 0 atom stereocenters. The Morgan fingerprint density at radius 2 is 1.55 bits per heavy atom. The Hall–Kier alpha value is -2.75. The maximum absolute atomic E-state index is 5.78. The topological polar surface area (TPSA) is 36.3 Å². The largest absolute Gasteiger partial charge is 0.490 e. The Balaban J connectivity index is 1.71. The highest BCUT2D eigenvalue weighted by molar-refractivity contribution is 5.31. The number of ether oxygens (including phenoxy) is 2. The van der Waals surface area contributed by atoms with Crippen LogP contribution in [0.2, 0.25) is 0 Å². The van der Waals surface area contributed by atoms with Gasteiger partial charge < -0.3 is 9.47 Å². The molecule has 0 unspecified atom stereocenters. The van der Waals surface area contributed by atoms with Gasteiger partial charge in [0.05, 0.1) is 19.9 Å². The summed E-state index contributed by atoms with van der Waals surface area (Å²) >= 11 is 0. The first-order chi connectivity index (χ1) is 10.8. The van der Waals surface area contributed by atoms with Crippen molar-refractivity contribution in [2.75, 3.05) is 7.11 Å². The molecule has 0 radical (unpaired) electrons. The van der Waals surface area contributed by atoms with Crippen LogP contribution in [0.5, 0.6) is 11.6 Å². The van der Waals surface area contributed by atoms with Crippen molar-refractivity contribution in [3.63, 3.8) is 0 Å². The zero-order valence-corrected chi connectivity index (χ0v) is 12.5. The average molecular weight is 294 g/mol. The van der Waals surface area contributed by atoms with Crippen LogP contribution in [0.3, 0.4) is 0 Å². The number of rotatable bonds is 6. The molecule has 3 rings (SSSR count). The molecular formula is C18H18N2O2. The van der Waals surface area contributed by atoms with Crippen LogP contribution in [-0.4, -0.2) is 16.9 Å². The quantitative estimate of drug-likeness (QED) is 0.698. The monoisotopic (exact) mass is 294 g/mol. The van der Waals surface area contributed by atoms with E-state index in [1.54, 1.807) is 7.11 Å². The highest BCUT2D eigenvalue weighted by atomic mass is 16.5. The molecule has 4 heteroatoms. The van der Waals surface area contributed by atoms with Crippen LogP contribution in [0.1, 0.15) is 11.1 Å². The minimum Gasteiger partial charge on any atom is -0.490 e. The molecule has 4 nitrogen and oxygen atoms in total. The third-order valence-electron chi connectivity index (χ3n) is 3.32. The zero-order chi connectivity index (χ0) is 15.2. The SMILES string of the molecule is COc1cn(Cc2ccccc2)nc1OCc1ccccc1. The van der Waals surface area contributed by atoms with Crippen LogP contribution >= 0.6 is 0 Å². The van der Waals surface area contributed by atoms with Crippen molar-refractivity contribution >= 4 is 0 Å². The van der Waals surface area contributed by atoms with Crippen molar-refractivity contribution in [3.05, 3.63) is 78.0 Å². The van der Waals surface area contributed by atoms with E-state index in [1.807, 2.05) is 59.4 Å². The molecule has 3 aromatic rings. The first kappa shape index (κ1) is 14.2. The first-order valence-electron chi connectivity index (χ1n) is 7.17. The third-order valence-corrected chi connectivity index (χ3v) is 3.32. The van der Waals surface area contributed by atoms with Gasteiger partial charge in [0, 0.05) is 0 Å². The Bertz CT molecular complexity index is 708. The Labute approximate surface area is 129 Å². The lowest BCUT2D eigenvalue weighted by Crippen LogP contribution is -2.01. The fraction of sp³-hybridized carbons (Fsp3) is 0.167. The predicted molar refractivity (Wildman–Crippen MR) is 85.1 cm³/mol. The van der Waals surface area contributed by atoms with E-state index in [-0.39, 0.29) is 0 Å². The molecule has 0 bridgehead atoms. The molecular weight excluding hydrogens is 276 g/mol. The standard InChI is InChI=1S/C18H18N2O2/c1-21-17-13-20(12-15-8-4-2-5-9-15)19-18(17)22-14-16-10-6-3-7-11-16/h2-11,13H,12,14H2,1H3. The average Bonchev–Trinajstić information content (AvgIpc) is 2.97. The molecule has 0 fully saturated rings. The molecule has 0 N–H and O–H groups in total. The van der Waals surface area contributed by atoms with Crippen molar-refractivity contribution in [3.8, 4) is 11.6 Å². The fourth-order valence-electron chi connectivity index (χ4n) is 2.20. The molecule has 0 spiro atoms. The Morgan fingerprint density at radius 1 is 0.909 bits per heavy atom. The van der Waals surface area contributed by atoms with E-state index >= 15 is 0 Å². The number of hydrogen-bond donors (Lipinski definition) is 0. The van der Waals surface area contributed by atoms with Crippen molar-refractivity contribution in [1.82, 2.24) is 9.78 Å². The maximum Gasteiger partial charge on any atom is 0.276 e. The van der Waals surface area contributed by atoms with Gasteiger partial charge >= 0.3 is 0 Å². The second-order valence-corrected chi connectivity index (χ2v) is 4.96. The van der Waals surface area contributed by atoms with E-state index in [9.17, 15) is 0 Å². The molecule has 0 aliphatic carbocycles. The molecule has 0 aliphatic heterocycles. The van der Waals surface area contributed by atoms with Gasteiger partial charge in [-0.2, -0.15) is 0 Å². The number of benzene rings is 2. The second kappa shape index (κ2) is 6.80. The zero-order valence-electron chi connectivity index (χ0n) is 12.5. The van der Waals surface area contributed by atoms with Gasteiger partial charge in [0.1, 0.15) is 6.61 Å². The van der Waals surface area contributed by atoms with Crippen LogP contribution in [0, 0.1) is 0 Å². The lowest BCUT2D eigenvalue weighted by molar-refractivity contribution is 0.273. The predicted octanol–water partition coefficient (Wildman–Crippen LogP) is 3.52. The minimum absolute atomic E-state index is 0.472. The first-order valence-corrected chi connectivity index (χ1v) is 7.17. The summed E-state index contributed by atoms with van der Waals surface area (Å²) in [5, 5.41) is 4.46. The third kappa shape index (κ3) is 3.47. The van der Waals surface area contributed by atoms with Crippen LogP contribution in [0.15, 0.2) is 66.9 Å². The van der Waals surface area contributed by atoms with Gasteiger partial charge in [0.15, 0.2) is 0 Å². The number of nitrogens with zero attached hydrogens (tertiary/aromatic N) is 2. The van der Waals surface area contributed by atoms with Crippen LogP contribution < -0.4 is 9.47 Å². The van der Waals surface area contributed by atoms with Crippen molar-refractivity contribution in [2.45, 2.75) is 13.2 Å². The Morgan fingerprint density at radius 3 is 2.18 bits per heavy atom. The van der Waals surface area contributed by atoms with E-state index in [0.29, 0.717) is 24.8 Å². The molecule has 0 saturated carbocycles. The number of methoxy groups -OCH3 is 1. The Kier molecular flexibility index (Phi) is 4.39. The second-order valence-electron chi connectivity index (χ2n) is 4.96. The fourth-order valence-corrected chi connectivity index (χ4v) is 2.20. The molecule has 2 aromatic carbocycles. The lowest BCUT2D eigenvalue weighted by atomic mass is 10.2. The lowest BCUT2D eigenvalue weighted by Gasteiger charge is -2.04. The summed E-state index contributed by atoms with van der Waals surface area (Å²) in [6.07, 6.45) is 1.85. The molecule has 0 amide bonds. The summed E-state index contributed by atoms with van der Waals surface area (Å²) in [7, 11) is 1.62. The van der Waals surface area contributed by atoms with Gasteiger partial charge in [-0.25, -0.2) is 0 Å². The summed E-state index contributed by atoms with van der Waals surface area (Å²) in [5.41, 5.74) is 2.28.